The molecule has 1 amide bonds. The first kappa shape index (κ1) is 13.9. The summed E-state index contributed by atoms with van der Waals surface area (Å²) in [6.07, 6.45) is 7.68. The Kier molecular flexibility index (Phi) is 3.96. The summed E-state index contributed by atoms with van der Waals surface area (Å²) in [6, 6.07) is -0.161. The number of carbonyl (C=O) groups excluding carboxylic acids is 1. The minimum Gasteiger partial charge on any atom is -0.480 e. The number of nitrogens with zero attached hydrogens (tertiary/aromatic N) is 1. The fraction of sp³-hybridized carbons (Fsp3) is 0.867. The second kappa shape index (κ2) is 5.72. The third-order valence-corrected chi connectivity index (χ3v) is 5.12. The average molecular weight is 280 g/mol. The van der Waals surface area contributed by atoms with Gasteiger partial charge in [0.15, 0.2) is 0 Å². The van der Waals surface area contributed by atoms with Gasteiger partial charge in [-0.3, -0.25) is 14.5 Å². The lowest BCUT2D eigenvalue weighted by Crippen LogP contribution is -2.47. The molecule has 3 atom stereocenters. The van der Waals surface area contributed by atoms with Crippen LogP contribution in [-0.4, -0.2) is 47.1 Å². The predicted octanol–water partition coefficient (Wildman–Crippen LogP) is 1.23. The maximum absolute atomic E-state index is 12.0. The molecule has 0 spiro atoms. The molecule has 2 aliphatic carbocycles. The van der Waals surface area contributed by atoms with Gasteiger partial charge >= 0.3 is 5.97 Å². The molecule has 5 heteroatoms. The molecule has 0 radical (unpaired) electrons. The number of likely N-dealkylation sites (tertiary alicyclic amines) is 1. The summed E-state index contributed by atoms with van der Waals surface area (Å²) in [6.45, 7) is 1.02. The van der Waals surface area contributed by atoms with E-state index in [0.29, 0.717) is 17.9 Å². The van der Waals surface area contributed by atoms with Gasteiger partial charge in [-0.15, -0.1) is 0 Å². The zero-order valence-corrected chi connectivity index (χ0v) is 11.9. The number of nitrogens with one attached hydrogen (secondary N) is 1. The molecule has 1 aliphatic heterocycles. The number of carbonyl (C=O) groups is 2. The Hall–Kier alpha value is -1.10. The van der Waals surface area contributed by atoms with Gasteiger partial charge in [-0.25, -0.2) is 0 Å². The minimum atomic E-state index is -0.769. The summed E-state index contributed by atoms with van der Waals surface area (Å²) in [5.74, 6) is 0.361. The number of carboxylic acid groups (broad SMARTS) is 1. The van der Waals surface area contributed by atoms with Gasteiger partial charge in [-0.2, -0.15) is 0 Å². The normalized spacial score (nSPS) is 33.7. The largest absolute Gasteiger partial charge is 0.480 e. The Labute approximate surface area is 119 Å². The molecule has 3 fully saturated rings. The van der Waals surface area contributed by atoms with Crippen molar-refractivity contribution in [1.82, 2.24) is 10.2 Å². The van der Waals surface area contributed by atoms with Crippen LogP contribution in [0.15, 0.2) is 0 Å². The maximum Gasteiger partial charge on any atom is 0.320 e. The molecule has 1 saturated heterocycles. The number of carboxylic acids is 1. The summed E-state index contributed by atoms with van der Waals surface area (Å²) < 4.78 is 0. The van der Waals surface area contributed by atoms with Crippen molar-refractivity contribution in [2.45, 2.75) is 57.0 Å². The quantitative estimate of drug-likeness (QED) is 0.794. The van der Waals surface area contributed by atoms with E-state index in [1.54, 1.807) is 0 Å². The van der Waals surface area contributed by atoms with Gasteiger partial charge in [0.1, 0.15) is 6.04 Å². The highest BCUT2D eigenvalue weighted by Gasteiger charge is 2.45. The first-order valence-corrected chi connectivity index (χ1v) is 7.90. The Balaban J connectivity index is 1.60. The van der Waals surface area contributed by atoms with Crippen molar-refractivity contribution >= 4 is 11.9 Å². The molecule has 2 N–H and O–H groups in total. The van der Waals surface area contributed by atoms with Crippen LogP contribution in [0.1, 0.15) is 44.9 Å². The molecule has 2 saturated carbocycles. The van der Waals surface area contributed by atoms with Gasteiger partial charge in [0, 0.05) is 12.6 Å². The van der Waals surface area contributed by atoms with Gasteiger partial charge in [0.25, 0.3) is 0 Å². The molecule has 112 valence electrons. The standard InChI is InChI=1S/C15H24N2O3/c18-14(16-8-10-5-6-10)9-17-12-4-2-1-3-11(12)7-13(17)15(19)20/h10-13H,1-9H2,(H,16,18)(H,19,20)/t11-,12+,13+/m1/s1. The monoisotopic (exact) mass is 280 g/mol. The topological polar surface area (TPSA) is 69.6 Å². The molecule has 0 bridgehead atoms. The van der Waals surface area contributed by atoms with Crippen LogP contribution in [0, 0.1) is 11.8 Å². The Morgan fingerprint density at radius 2 is 1.90 bits per heavy atom. The molecule has 1 heterocycles. The second-order valence-corrected chi connectivity index (χ2v) is 6.62. The van der Waals surface area contributed by atoms with Gasteiger partial charge in [-0.05, 0) is 43.9 Å². The van der Waals surface area contributed by atoms with Crippen LogP contribution in [0.2, 0.25) is 0 Å². The summed E-state index contributed by atoms with van der Waals surface area (Å²) >= 11 is 0. The van der Waals surface area contributed by atoms with E-state index in [1.165, 1.54) is 19.3 Å². The maximum atomic E-state index is 12.0. The highest BCUT2D eigenvalue weighted by Crippen LogP contribution is 2.39. The van der Waals surface area contributed by atoms with E-state index in [0.717, 1.165) is 32.2 Å². The third-order valence-electron chi connectivity index (χ3n) is 5.12. The van der Waals surface area contributed by atoms with Crippen molar-refractivity contribution in [2.24, 2.45) is 11.8 Å². The molecular weight excluding hydrogens is 256 g/mol. The van der Waals surface area contributed by atoms with E-state index < -0.39 is 12.0 Å². The van der Waals surface area contributed by atoms with Gasteiger partial charge in [-0.1, -0.05) is 12.8 Å². The number of hydrogen-bond donors (Lipinski definition) is 2. The molecule has 0 aromatic carbocycles. The van der Waals surface area contributed by atoms with Crippen LogP contribution in [-0.2, 0) is 9.59 Å². The number of fused-ring (bicyclic) bond motifs is 1. The zero-order chi connectivity index (χ0) is 14.1. The highest BCUT2D eigenvalue weighted by molar-refractivity contribution is 5.80. The van der Waals surface area contributed by atoms with Gasteiger partial charge in [0.2, 0.25) is 5.91 Å². The molecular formula is C15H24N2O3. The van der Waals surface area contributed by atoms with Crippen molar-refractivity contribution in [3.8, 4) is 0 Å². The zero-order valence-electron chi connectivity index (χ0n) is 11.9. The van der Waals surface area contributed by atoms with E-state index in [9.17, 15) is 14.7 Å². The Morgan fingerprint density at radius 1 is 1.15 bits per heavy atom. The van der Waals surface area contributed by atoms with Crippen molar-refractivity contribution in [2.75, 3.05) is 13.1 Å². The number of aliphatic carboxylic acids is 1. The molecule has 0 aromatic heterocycles. The van der Waals surface area contributed by atoms with Crippen LogP contribution in [0.4, 0.5) is 0 Å². The highest BCUT2D eigenvalue weighted by atomic mass is 16.4. The summed E-state index contributed by atoms with van der Waals surface area (Å²) in [4.78, 5) is 25.4. The Morgan fingerprint density at radius 3 is 2.60 bits per heavy atom. The van der Waals surface area contributed by atoms with Crippen LogP contribution >= 0.6 is 0 Å². The van der Waals surface area contributed by atoms with Crippen LogP contribution < -0.4 is 5.32 Å². The number of rotatable bonds is 5. The van der Waals surface area contributed by atoms with Crippen LogP contribution in [0.5, 0.6) is 0 Å². The van der Waals surface area contributed by atoms with Crippen molar-refractivity contribution in [3.63, 3.8) is 0 Å². The van der Waals surface area contributed by atoms with E-state index >= 15 is 0 Å². The van der Waals surface area contributed by atoms with Gasteiger partial charge in [0.05, 0.1) is 6.54 Å². The molecule has 20 heavy (non-hydrogen) atoms. The number of hydrogen-bond acceptors (Lipinski definition) is 3. The van der Waals surface area contributed by atoms with Crippen LogP contribution in [0.25, 0.3) is 0 Å². The first-order valence-electron chi connectivity index (χ1n) is 7.90. The van der Waals surface area contributed by atoms with Crippen molar-refractivity contribution in [3.05, 3.63) is 0 Å². The van der Waals surface area contributed by atoms with Crippen molar-refractivity contribution < 1.29 is 14.7 Å². The molecule has 0 aromatic rings. The molecule has 3 rings (SSSR count). The minimum absolute atomic E-state index is 0.00521. The van der Waals surface area contributed by atoms with E-state index in [2.05, 4.69) is 5.32 Å². The van der Waals surface area contributed by atoms with Crippen LogP contribution in [0.3, 0.4) is 0 Å². The lowest BCUT2D eigenvalue weighted by Gasteiger charge is -2.32. The third kappa shape index (κ3) is 2.97. The summed E-state index contributed by atoms with van der Waals surface area (Å²) in [5, 5.41) is 12.4. The smallest absolute Gasteiger partial charge is 0.320 e. The van der Waals surface area contributed by atoms with Gasteiger partial charge < -0.3 is 10.4 Å². The molecule has 0 unspecified atom stereocenters. The van der Waals surface area contributed by atoms with E-state index in [-0.39, 0.29) is 12.5 Å². The second-order valence-electron chi connectivity index (χ2n) is 6.62. The SMILES string of the molecule is O=C(CN1[C@H](C(=O)O)C[C@H]2CCCC[C@@H]21)NCC1CC1. The molecule has 3 aliphatic rings. The fourth-order valence-corrected chi connectivity index (χ4v) is 3.82. The first-order chi connectivity index (χ1) is 9.65. The lowest BCUT2D eigenvalue weighted by atomic mass is 9.85. The van der Waals surface area contributed by atoms with Crippen molar-refractivity contribution in [1.29, 1.82) is 0 Å². The lowest BCUT2D eigenvalue weighted by molar-refractivity contribution is -0.143. The summed E-state index contributed by atoms with van der Waals surface area (Å²) in [7, 11) is 0. The Bertz CT molecular complexity index is 395. The van der Waals surface area contributed by atoms with E-state index in [1.807, 2.05) is 4.90 Å². The van der Waals surface area contributed by atoms with E-state index in [4.69, 9.17) is 0 Å². The average Bonchev–Trinajstić information content (AvgIpc) is 3.19. The fourth-order valence-electron chi connectivity index (χ4n) is 3.82. The number of amides is 1. The predicted molar refractivity (Wildman–Crippen MR) is 74.2 cm³/mol. The molecule has 5 nitrogen and oxygen atoms in total. The summed E-state index contributed by atoms with van der Waals surface area (Å²) in [5.41, 5.74) is 0.